The van der Waals surface area contributed by atoms with Gasteiger partial charge in [-0.05, 0) is 61.3 Å². The number of methoxy groups -OCH3 is 3. The molecule has 40 heavy (non-hydrogen) atoms. The van der Waals surface area contributed by atoms with Crippen LogP contribution in [0, 0.1) is 0 Å². The molecule has 0 unspecified atom stereocenters. The number of hydrogen-bond donors (Lipinski definition) is 2. The molecule has 1 aliphatic heterocycles. The topological polar surface area (TPSA) is 101 Å². The highest BCUT2D eigenvalue weighted by Gasteiger charge is 2.20. The largest absolute Gasteiger partial charge is 0.495 e. The Balaban J connectivity index is 1.17. The number of nitrogens with zero attached hydrogens (tertiary/aromatic N) is 4. The molecule has 4 rings (SSSR count). The first-order valence-corrected chi connectivity index (χ1v) is 13.8. The van der Waals surface area contributed by atoms with Gasteiger partial charge in [0.25, 0.3) is 5.91 Å². The Labute approximate surface area is 240 Å². The highest BCUT2D eigenvalue weighted by molar-refractivity contribution is 6.30. The number of hydrogen-bond acceptors (Lipinski definition) is 9. The number of nitrogens with one attached hydrogen (secondary N) is 2. The monoisotopic (exact) mass is 568 g/mol. The van der Waals surface area contributed by atoms with E-state index in [9.17, 15) is 4.79 Å². The van der Waals surface area contributed by atoms with E-state index < -0.39 is 0 Å². The summed E-state index contributed by atoms with van der Waals surface area (Å²) in [6.07, 6.45) is 3.19. The van der Waals surface area contributed by atoms with Crippen LogP contribution in [0.4, 0.5) is 11.6 Å². The lowest BCUT2D eigenvalue weighted by atomic mass is 10.1. The second-order valence-corrected chi connectivity index (χ2v) is 9.82. The van der Waals surface area contributed by atoms with Gasteiger partial charge in [-0.1, -0.05) is 17.7 Å². The third-order valence-electron chi connectivity index (χ3n) is 6.82. The van der Waals surface area contributed by atoms with Crippen LogP contribution in [0.2, 0.25) is 5.02 Å². The molecule has 3 aromatic rings. The number of halogens is 1. The summed E-state index contributed by atoms with van der Waals surface area (Å²) in [4.78, 5) is 26.0. The summed E-state index contributed by atoms with van der Waals surface area (Å²) in [5, 5.41) is 6.88. The molecule has 0 radical (unpaired) electrons. The van der Waals surface area contributed by atoms with Crippen molar-refractivity contribution in [1.29, 1.82) is 0 Å². The number of amides is 1. The molecule has 0 atom stereocenters. The molecule has 10 nitrogen and oxygen atoms in total. The van der Waals surface area contributed by atoms with Crippen molar-refractivity contribution in [2.75, 3.05) is 77.4 Å². The van der Waals surface area contributed by atoms with Crippen LogP contribution in [-0.2, 0) is 6.42 Å². The summed E-state index contributed by atoms with van der Waals surface area (Å²) in [6.45, 7) is 5.90. The van der Waals surface area contributed by atoms with Crippen LogP contribution in [0.1, 0.15) is 22.5 Å². The minimum atomic E-state index is -0.236. The zero-order chi connectivity index (χ0) is 28.3. The maximum Gasteiger partial charge on any atom is 0.270 e. The zero-order valence-corrected chi connectivity index (χ0v) is 24.0. The third-order valence-corrected chi connectivity index (χ3v) is 7.06. The average Bonchev–Trinajstić information content (AvgIpc) is 2.99. The molecule has 1 fully saturated rings. The van der Waals surface area contributed by atoms with Crippen LogP contribution in [0.25, 0.3) is 0 Å². The second kappa shape index (κ2) is 14.6. The quantitative estimate of drug-likeness (QED) is 0.298. The Hall–Kier alpha value is -3.76. The Bertz CT molecular complexity index is 1270. The van der Waals surface area contributed by atoms with E-state index in [-0.39, 0.29) is 5.91 Å². The van der Waals surface area contributed by atoms with E-state index in [1.165, 1.54) is 0 Å². The smallest absolute Gasteiger partial charge is 0.270 e. The molecule has 0 bridgehead atoms. The molecule has 0 spiro atoms. The number of carbonyl (C=O) groups excluding carboxylic acids is 1. The molecule has 2 heterocycles. The Morgan fingerprint density at radius 1 is 0.925 bits per heavy atom. The number of ether oxygens (including phenoxy) is 3. The number of benzene rings is 2. The highest BCUT2D eigenvalue weighted by Crippen LogP contribution is 2.32. The van der Waals surface area contributed by atoms with Crippen LogP contribution in [0.15, 0.2) is 48.7 Å². The maximum absolute atomic E-state index is 12.6. The summed E-state index contributed by atoms with van der Waals surface area (Å²) in [7, 11) is 4.89. The van der Waals surface area contributed by atoms with E-state index >= 15 is 0 Å². The van der Waals surface area contributed by atoms with Crippen LogP contribution in [-0.4, -0.2) is 87.9 Å². The summed E-state index contributed by atoms with van der Waals surface area (Å²) in [5.41, 5.74) is 2.41. The fourth-order valence-electron chi connectivity index (χ4n) is 4.64. The van der Waals surface area contributed by atoms with Gasteiger partial charge in [-0.25, -0.2) is 9.97 Å². The minimum Gasteiger partial charge on any atom is -0.495 e. The van der Waals surface area contributed by atoms with E-state index in [4.69, 9.17) is 25.8 Å². The average molecular weight is 569 g/mol. The van der Waals surface area contributed by atoms with Crippen molar-refractivity contribution >= 4 is 29.1 Å². The second-order valence-electron chi connectivity index (χ2n) is 9.39. The van der Waals surface area contributed by atoms with Crippen molar-refractivity contribution in [2.45, 2.75) is 12.8 Å². The summed E-state index contributed by atoms with van der Waals surface area (Å²) < 4.78 is 16.1. The molecule has 11 heteroatoms. The van der Waals surface area contributed by atoms with Crippen LogP contribution < -0.4 is 29.7 Å². The lowest BCUT2D eigenvalue weighted by Gasteiger charge is -2.36. The summed E-state index contributed by atoms with van der Waals surface area (Å²) in [5.74, 6) is 2.40. The first-order chi connectivity index (χ1) is 19.5. The van der Waals surface area contributed by atoms with Gasteiger partial charge in [-0.2, -0.15) is 0 Å². The molecule has 1 saturated heterocycles. The van der Waals surface area contributed by atoms with Gasteiger partial charge in [0, 0.05) is 50.5 Å². The summed E-state index contributed by atoms with van der Waals surface area (Å²) in [6, 6.07) is 13.1. The zero-order valence-electron chi connectivity index (χ0n) is 23.3. The lowest BCUT2D eigenvalue weighted by molar-refractivity contribution is 0.0949. The molecule has 0 aliphatic carbocycles. The van der Waals surface area contributed by atoms with E-state index in [1.807, 2.05) is 36.4 Å². The van der Waals surface area contributed by atoms with Crippen molar-refractivity contribution in [1.82, 2.24) is 20.2 Å². The molecule has 2 N–H and O–H groups in total. The molecule has 0 saturated carbocycles. The normalized spacial score (nSPS) is 13.6. The van der Waals surface area contributed by atoms with Crippen molar-refractivity contribution in [2.24, 2.45) is 0 Å². The predicted molar refractivity (Wildman–Crippen MR) is 157 cm³/mol. The Morgan fingerprint density at radius 2 is 1.68 bits per heavy atom. The molecule has 1 amide bonds. The van der Waals surface area contributed by atoms with Gasteiger partial charge in [0.1, 0.15) is 11.4 Å². The first-order valence-electron chi connectivity index (χ1n) is 13.4. The third kappa shape index (κ3) is 7.89. The van der Waals surface area contributed by atoms with E-state index in [0.29, 0.717) is 47.7 Å². The minimum absolute atomic E-state index is 0.236. The van der Waals surface area contributed by atoms with E-state index in [0.717, 1.165) is 56.1 Å². The fourth-order valence-corrected chi connectivity index (χ4v) is 4.81. The number of carbonyl (C=O) groups is 1. The number of rotatable bonds is 13. The van der Waals surface area contributed by atoms with Gasteiger partial charge in [-0.15, -0.1) is 0 Å². The van der Waals surface area contributed by atoms with Gasteiger partial charge in [0.15, 0.2) is 11.5 Å². The lowest BCUT2D eigenvalue weighted by Crippen LogP contribution is -2.47. The molecule has 1 aliphatic rings. The van der Waals surface area contributed by atoms with Gasteiger partial charge in [-0.3, -0.25) is 9.69 Å². The molecule has 1 aromatic heterocycles. The fraction of sp³-hybridized carbons (Fsp3) is 0.414. The number of piperazine rings is 1. The number of anilines is 2. The number of aromatic nitrogens is 2. The predicted octanol–water partition coefficient (Wildman–Crippen LogP) is 3.75. The molecular formula is C29H37ClN6O4. The highest BCUT2D eigenvalue weighted by atomic mass is 35.5. The molecule has 214 valence electrons. The van der Waals surface area contributed by atoms with Crippen molar-refractivity contribution < 1.29 is 19.0 Å². The molecular weight excluding hydrogens is 532 g/mol. The first kappa shape index (κ1) is 29.2. The van der Waals surface area contributed by atoms with Crippen molar-refractivity contribution in [3.8, 4) is 17.2 Å². The Kier molecular flexibility index (Phi) is 10.7. The van der Waals surface area contributed by atoms with Gasteiger partial charge in [0.2, 0.25) is 5.95 Å². The van der Waals surface area contributed by atoms with Crippen molar-refractivity contribution in [3.05, 3.63) is 64.9 Å². The molecule has 2 aromatic carbocycles. The van der Waals surface area contributed by atoms with Crippen LogP contribution >= 0.6 is 11.6 Å². The standard InChI is InChI=1S/C29H37ClN6O4/c1-38-25-8-6-22(30)20-24(25)36-17-15-35(16-18-36)14-4-11-32-29-33-13-10-23(34-29)28(37)31-12-9-21-5-7-26(39-2)27(19-21)40-3/h5-8,10,13,19-20H,4,9,11-12,14-18H2,1-3H3,(H,31,37)(H,32,33,34). The van der Waals surface area contributed by atoms with Gasteiger partial charge >= 0.3 is 0 Å². The van der Waals surface area contributed by atoms with Crippen LogP contribution in [0.3, 0.4) is 0 Å². The van der Waals surface area contributed by atoms with Gasteiger partial charge < -0.3 is 29.7 Å². The SMILES string of the molecule is COc1ccc(CCNC(=O)c2ccnc(NCCCN3CCN(c4cc(Cl)ccc4OC)CC3)n2)cc1OC. The van der Waals surface area contributed by atoms with Crippen LogP contribution in [0.5, 0.6) is 17.2 Å². The summed E-state index contributed by atoms with van der Waals surface area (Å²) >= 11 is 6.21. The van der Waals surface area contributed by atoms with Gasteiger partial charge in [0.05, 0.1) is 27.0 Å². The Morgan fingerprint density at radius 3 is 2.42 bits per heavy atom. The van der Waals surface area contributed by atoms with E-state index in [2.05, 4.69) is 30.4 Å². The maximum atomic E-state index is 12.6. The van der Waals surface area contributed by atoms with E-state index in [1.54, 1.807) is 33.6 Å². The van der Waals surface area contributed by atoms with Crippen molar-refractivity contribution in [3.63, 3.8) is 0 Å².